The zero-order valence-electron chi connectivity index (χ0n) is 16.1. The van der Waals surface area contributed by atoms with Gasteiger partial charge in [-0.15, -0.1) is 0 Å². The van der Waals surface area contributed by atoms with Gasteiger partial charge in [0.05, 0.1) is 7.11 Å². The van der Waals surface area contributed by atoms with Gasteiger partial charge in [-0.2, -0.15) is 0 Å². The quantitative estimate of drug-likeness (QED) is 0.566. The highest BCUT2D eigenvalue weighted by Crippen LogP contribution is 2.23. The molecule has 0 saturated heterocycles. The summed E-state index contributed by atoms with van der Waals surface area (Å²) in [5.41, 5.74) is 5.54. The van der Waals surface area contributed by atoms with E-state index in [-0.39, 0.29) is 5.91 Å². The number of aryl methyl sites for hydroxylation is 2. The number of hydrogen-bond donors (Lipinski definition) is 1. The van der Waals surface area contributed by atoms with Gasteiger partial charge < -0.3 is 10.1 Å². The van der Waals surface area contributed by atoms with Crippen molar-refractivity contribution in [2.75, 3.05) is 13.7 Å². The molecule has 1 amide bonds. The van der Waals surface area contributed by atoms with Crippen LogP contribution in [-0.4, -0.2) is 19.6 Å². The van der Waals surface area contributed by atoms with E-state index in [0.717, 1.165) is 22.5 Å². The van der Waals surface area contributed by atoms with Gasteiger partial charge in [-0.25, -0.2) is 0 Å². The maximum atomic E-state index is 11.5. The first kappa shape index (κ1) is 20.5. The van der Waals surface area contributed by atoms with Crippen LogP contribution in [0, 0.1) is 13.8 Å². The van der Waals surface area contributed by atoms with Gasteiger partial charge in [0, 0.05) is 12.6 Å². The standard InChI is InChI=1S/C22H29NO2/c1-7-23-22(24)13-17(3)10-8-9-16(2)11-12-20-14-19(5)21(25-6)15-18(20)4/h8-15H,7H2,1-6H3,(H,23,24)/b10-8+,12-11+,16-9+,17-13+. The summed E-state index contributed by atoms with van der Waals surface area (Å²) in [6.07, 6.45) is 11.7. The Balaban J connectivity index is 2.78. The highest BCUT2D eigenvalue weighted by atomic mass is 16.5. The molecule has 1 aromatic rings. The van der Waals surface area contributed by atoms with Crippen LogP contribution < -0.4 is 10.1 Å². The SMILES string of the molecule is CCNC(=O)/C=C(C)/C=C/C=C(C)/C=C/c1cc(C)c(OC)cc1C. The fourth-order valence-corrected chi connectivity index (χ4v) is 2.32. The lowest BCUT2D eigenvalue weighted by Gasteiger charge is -2.08. The number of hydrogen-bond acceptors (Lipinski definition) is 2. The van der Waals surface area contributed by atoms with Crippen molar-refractivity contribution in [2.24, 2.45) is 0 Å². The fraction of sp³-hybridized carbons (Fsp3) is 0.318. The van der Waals surface area contributed by atoms with E-state index >= 15 is 0 Å². The van der Waals surface area contributed by atoms with Crippen molar-refractivity contribution in [1.82, 2.24) is 5.32 Å². The molecule has 1 N–H and O–H groups in total. The van der Waals surface area contributed by atoms with Gasteiger partial charge in [-0.05, 0) is 69.0 Å². The lowest BCUT2D eigenvalue weighted by Crippen LogP contribution is -2.20. The molecule has 0 bridgehead atoms. The maximum absolute atomic E-state index is 11.5. The van der Waals surface area contributed by atoms with E-state index in [2.05, 4.69) is 43.4 Å². The van der Waals surface area contributed by atoms with Crippen LogP contribution in [0.3, 0.4) is 0 Å². The smallest absolute Gasteiger partial charge is 0.244 e. The first-order valence-corrected chi connectivity index (χ1v) is 8.51. The van der Waals surface area contributed by atoms with Gasteiger partial charge in [0.25, 0.3) is 0 Å². The molecule has 0 radical (unpaired) electrons. The van der Waals surface area contributed by atoms with E-state index < -0.39 is 0 Å². The Morgan fingerprint density at radius 1 is 1.12 bits per heavy atom. The molecule has 25 heavy (non-hydrogen) atoms. The second-order valence-corrected chi connectivity index (χ2v) is 6.06. The molecule has 1 rings (SSSR count). The molecular formula is C22H29NO2. The van der Waals surface area contributed by atoms with Crippen LogP contribution in [0.5, 0.6) is 5.75 Å². The minimum absolute atomic E-state index is 0.0596. The minimum Gasteiger partial charge on any atom is -0.496 e. The summed E-state index contributed by atoms with van der Waals surface area (Å²) in [6, 6.07) is 4.19. The maximum Gasteiger partial charge on any atom is 0.244 e. The van der Waals surface area contributed by atoms with Crippen molar-refractivity contribution in [2.45, 2.75) is 34.6 Å². The minimum atomic E-state index is -0.0596. The molecule has 0 unspecified atom stereocenters. The lowest BCUT2D eigenvalue weighted by atomic mass is 10.0. The van der Waals surface area contributed by atoms with E-state index in [1.165, 1.54) is 11.1 Å². The van der Waals surface area contributed by atoms with Crippen LogP contribution in [0.1, 0.15) is 37.5 Å². The zero-order chi connectivity index (χ0) is 18.8. The fourth-order valence-electron chi connectivity index (χ4n) is 2.32. The van der Waals surface area contributed by atoms with Crippen LogP contribution in [0.15, 0.2) is 53.7 Å². The first-order chi connectivity index (χ1) is 11.9. The summed E-state index contributed by atoms with van der Waals surface area (Å²) in [4.78, 5) is 11.5. The average molecular weight is 339 g/mol. The van der Waals surface area contributed by atoms with Crippen molar-refractivity contribution in [3.8, 4) is 5.75 Å². The third-order valence-electron chi connectivity index (χ3n) is 3.74. The average Bonchev–Trinajstić information content (AvgIpc) is 2.55. The number of carbonyl (C=O) groups is 1. The number of methoxy groups -OCH3 is 1. The summed E-state index contributed by atoms with van der Waals surface area (Å²) >= 11 is 0. The van der Waals surface area contributed by atoms with Gasteiger partial charge in [-0.1, -0.05) is 36.0 Å². The lowest BCUT2D eigenvalue weighted by molar-refractivity contribution is -0.116. The molecule has 3 nitrogen and oxygen atoms in total. The third kappa shape index (κ3) is 7.25. The Kier molecular flexibility index (Phi) is 8.48. The predicted molar refractivity (Wildman–Crippen MR) is 107 cm³/mol. The van der Waals surface area contributed by atoms with Gasteiger partial charge in [0.2, 0.25) is 5.91 Å². The van der Waals surface area contributed by atoms with E-state index in [0.29, 0.717) is 6.54 Å². The summed E-state index contributed by atoms with van der Waals surface area (Å²) < 4.78 is 5.35. The normalized spacial score (nSPS) is 12.9. The summed E-state index contributed by atoms with van der Waals surface area (Å²) in [5, 5.41) is 2.75. The molecular weight excluding hydrogens is 310 g/mol. The number of amides is 1. The van der Waals surface area contributed by atoms with Crippen LogP contribution in [0.25, 0.3) is 6.08 Å². The van der Waals surface area contributed by atoms with Crippen molar-refractivity contribution in [1.29, 1.82) is 0 Å². The van der Waals surface area contributed by atoms with Gasteiger partial charge in [-0.3, -0.25) is 4.79 Å². The Labute approximate surface area is 151 Å². The van der Waals surface area contributed by atoms with E-state index in [4.69, 9.17) is 4.74 Å². The molecule has 1 aromatic carbocycles. The monoisotopic (exact) mass is 339 g/mol. The molecule has 0 heterocycles. The second kappa shape index (κ2) is 10.3. The molecule has 0 aliphatic rings. The Hall–Kier alpha value is -2.55. The Bertz CT molecular complexity index is 722. The number of carbonyl (C=O) groups excluding carboxylic acids is 1. The van der Waals surface area contributed by atoms with Crippen LogP contribution in [0.4, 0.5) is 0 Å². The third-order valence-corrected chi connectivity index (χ3v) is 3.74. The molecule has 0 atom stereocenters. The number of likely N-dealkylation sites (N-methyl/N-ethyl adjacent to an activating group) is 1. The summed E-state index contributed by atoms with van der Waals surface area (Å²) in [6.45, 7) is 10.6. The van der Waals surface area contributed by atoms with Crippen molar-refractivity contribution < 1.29 is 9.53 Å². The van der Waals surface area contributed by atoms with Crippen molar-refractivity contribution in [3.63, 3.8) is 0 Å². The molecule has 0 aliphatic heterocycles. The van der Waals surface area contributed by atoms with Gasteiger partial charge in [0.15, 0.2) is 0 Å². The summed E-state index contributed by atoms with van der Waals surface area (Å²) in [5.74, 6) is 0.856. The number of allylic oxidation sites excluding steroid dienone is 6. The van der Waals surface area contributed by atoms with E-state index in [9.17, 15) is 4.79 Å². The highest BCUT2D eigenvalue weighted by Gasteiger charge is 2.02. The second-order valence-electron chi connectivity index (χ2n) is 6.06. The topological polar surface area (TPSA) is 38.3 Å². The van der Waals surface area contributed by atoms with Crippen LogP contribution >= 0.6 is 0 Å². The van der Waals surface area contributed by atoms with Crippen molar-refractivity contribution >= 4 is 12.0 Å². The Morgan fingerprint density at radius 2 is 1.84 bits per heavy atom. The highest BCUT2D eigenvalue weighted by molar-refractivity contribution is 5.88. The largest absolute Gasteiger partial charge is 0.496 e. The van der Waals surface area contributed by atoms with Crippen LogP contribution in [0.2, 0.25) is 0 Å². The summed E-state index contributed by atoms with van der Waals surface area (Å²) in [7, 11) is 1.69. The van der Waals surface area contributed by atoms with E-state index in [1.54, 1.807) is 13.2 Å². The molecule has 0 aromatic heterocycles. The molecule has 3 heteroatoms. The number of ether oxygens (including phenoxy) is 1. The molecule has 0 saturated carbocycles. The predicted octanol–water partition coefficient (Wildman–Crippen LogP) is 4.91. The molecule has 0 aliphatic carbocycles. The molecule has 134 valence electrons. The van der Waals surface area contributed by atoms with Crippen LogP contribution in [-0.2, 0) is 4.79 Å². The zero-order valence-corrected chi connectivity index (χ0v) is 16.1. The van der Waals surface area contributed by atoms with Gasteiger partial charge in [0.1, 0.15) is 5.75 Å². The van der Waals surface area contributed by atoms with E-state index in [1.807, 2.05) is 39.0 Å². The number of rotatable bonds is 7. The number of benzene rings is 1. The number of nitrogens with one attached hydrogen (secondary N) is 1. The van der Waals surface area contributed by atoms with Gasteiger partial charge >= 0.3 is 0 Å². The first-order valence-electron chi connectivity index (χ1n) is 8.51. The molecule has 0 fully saturated rings. The molecule has 0 spiro atoms. The van der Waals surface area contributed by atoms with Crippen molar-refractivity contribution in [3.05, 3.63) is 70.3 Å². The Morgan fingerprint density at radius 3 is 2.48 bits per heavy atom.